The van der Waals surface area contributed by atoms with Crippen LogP contribution in [0.15, 0.2) is 35.0 Å². The van der Waals surface area contributed by atoms with E-state index in [0.29, 0.717) is 11.5 Å². The normalized spacial score (nSPS) is 18.5. The molecule has 6 nitrogen and oxygen atoms in total. The van der Waals surface area contributed by atoms with E-state index in [-0.39, 0.29) is 11.9 Å². The lowest BCUT2D eigenvalue weighted by Crippen LogP contribution is -2.48. The lowest BCUT2D eigenvalue weighted by molar-refractivity contribution is 0.0924. The first-order valence-corrected chi connectivity index (χ1v) is 7.12. The predicted octanol–water partition coefficient (Wildman–Crippen LogP) is 1.78. The van der Waals surface area contributed by atoms with Crippen molar-refractivity contribution in [1.29, 1.82) is 0 Å². The second-order valence-electron chi connectivity index (χ2n) is 5.27. The number of carbonyl (C=O) groups excluding carboxylic acids is 1. The largest absolute Gasteiger partial charge is 0.361 e. The SMILES string of the molecule is Cc1cc(C(=O)NC2CCCN(c3ccccn3)C2)no1. The van der Waals surface area contributed by atoms with Crippen molar-refractivity contribution in [3.63, 3.8) is 0 Å². The molecule has 1 N–H and O–H groups in total. The number of aromatic nitrogens is 2. The Bertz CT molecular complexity index is 611. The lowest BCUT2D eigenvalue weighted by atomic mass is 10.1. The van der Waals surface area contributed by atoms with Crippen LogP contribution in [0.25, 0.3) is 0 Å². The molecule has 3 heterocycles. The molecule has 1 amide bonds. The first-order chi connectivity index (χ1) is 10.2. The van der Waals surface area contributed by atoms with Crippen LogP contribution in [0, 0.1) is 6.92 Å². The number of nitrogens with zero attached hydrogens (tertiary/aromatic N) is 3. The van der Waals surface area contributed by atoms with Gasteiger partial charge in [0.2, 0.25) is 0 Å². The fourth-order valence-electron chi connectivity index (χ4n) is 2.58. The Hall–Kier alpha value is -2.37. The van der Waals surface area contributed by atoms with Crippen molar-refractivity contribution in [2.24, 2.45) is 0 Å². The Balaban J connectivity index is 1.62. The molecule has 0 aliphatic carbocycles. The Morgan fingerprint density at radius 2 is 2.38 bits per heavy atom. The van der Waals surface area contributed by atoms with Gasteiger partial charge < -0.3 is 14.7 Å². The summed E-state index contributed by atoms with van der Waals surface area (Å²) in [5.74, 6) is 1.41. The summed E-state index contributed by atoms with van der Waals surface area (Å²) in [6.07, 6.45) is 3.78. The van der Waals surface area contributed by atoms with Crippen LogP contribution in [0.5, 0.6) is 0 Å². The summed E-state index contributed by atoms with van der Waals surface area (Å²) in [5, 5.41) is 6.76. The molecule has 1 aliphatic heterocycles. The average Bonchev–Trinajstić information content (AvgIpc) is 2.95. The fraction of sp³-hybridized carbons (Fsp3) is 0.400. The van der Waals surface area contributed by atoms with Gasteiger partial charge in [0.1, 0.15) is 11.6 Å². The molecule has 2 aromatic rings. The van der Waals surface area contributed by atoms with Crippen molar-refractivity contribution in [1.82, 2.24) is 15.5 Å². The highest BCUT2D eigenvalue weighted by atomic mass is 16.5. The van der Waals surface area contributed by atoms with Gasteiger partial charge in [0.05, 0.1) is 0 Å². The first-order valence-electron chi connectivity index (χ1n) is 7.12. The van der Waals surface area contributed by atoms with Crippen LogP contribution in [-0.2, 0) is 0 Å². The van der Waals surface area contributed by atoms with Crippen LogP contribution in [0.1, 0.15) is 29.1 Å². The van der Waals surface area contributed by atoms with Crippen molar-refractivity contribution >= 4 is 11.7 Å². The van der Waals surface area contributed by atoms with Gasteiger partial charge in [-0.3, -0.25) is 4.79 Å². The molecule has 1 unspecified atom stereocenters. The van der Waals surface area contributed by atoms with Crippen LogP contribution in [0.3, 0.4) is 0 Å². The summed E-state index contributed by atoms with van der Waals surface area (Å²) >= 11 is 0. The molecule has 1 atom stereocenters. The van der Waals surface area contributed by atoms with Gasteiger partial charge in [-0.1, -0.05) is 11.2 Å². The molecule has 1 aliphatic rings. The van der Waals surface area contributed by atoms with Crippen LogP contribution >= 0.6 is 0 Å². The maximum absolute atomic E-state index is 12.1. The number of aryl methyl sites for hydroxylation is 1. The van der Waals surface area contributed by atoms with E-state index in [9.17, 15) is 4.79 Å². The Morgan fingerprint density at radius 3 is 3.10 bits per heavy atom. The smallest absolute Gasteiger partial charge is 0.273 e. The second kappa shape index (κ2) is 5.95. The standard InChI is InChI=1S/C15H18N4O2/c1-11-9-13(18-21-11)15(20)17-12-5-4-8-19(10-12)14-6-2-3-7-16-14/h2-3,6-7,9,12H,4-5,8,10H2,1H3,(H,17,20). The quantitative estimate of drug-likeness (QED) is 0.931. The van der Waals surface area contributed by atoms with Crippen molar-refractivity contribution in [3.05, 3.63) is 41.9 Å². The highest BCUT2D eigenvalue weighted by Gasteiger charge is 2.23. The average molecular weight is 286 g/mol. The molecule has 1 saturated heterocycles. The topological polar surface area (TPSA) is 71.3 Å². The number of pyridine rings is 1. The van der Waals surface area contributed by atoms with E-state index in [1.165, 1.54) is 0 Å². The molecule has 0 radical (unpaired) electrons. The zero-order chi connectivity index (χ0) is 14.7. The highest BCUT2D eigenvalue weighted by molar-refractivity contribution is 5.92. The minimum atomic E-state index is -0.181. The number of carbonyl (C=O) groups is 1. The Morgan fingerprint density at radius 1 is 1.48 bits per heavy atom. The summed E-state index contributed by atoms with van der Waals surface area (Å²) in [7, 11) is 0. The molecule has 0 aromatic carbocycles. The molecule has 2 aromatic heterocycles. The fourth-order valence-corrected chi connectivity index (χ4v) is 2.58. The number of rotatable bonds is 3. The molecular formula is C15H18N4O2. The third-order valence-electron chi connectivity index (χ3n) is 3.59. The van der Waals surface area contributed by atoms with Crippen LogP contribution in [-0.4, -0.2) is 35.2 Å². The highest BCUT2D eigenvalue weighted by Crippen LogP contribution is 2.17. The van der Waals surface area contributed by atoms with Gasteiger partial charge in [0.25, 0.3) is 5.91 Å². The maximum Gasteiger partial charge on any atom is 0.273 e. The van der Waals surface area contributed by atoms with Gasteiger partial charge in [-0.05, 0) is 31.9 Å². The summed E-state index contributed by atoms with van der Waals surface area (Å²) in [4.78, 5) is 18.7. The van der Waals surface area contributed by atoms with E-state index in [0.717, 1.165) is 31.7 Å². The molecule has 110 valence electrons. The van der Waals surface area contributed by atoms with Crippen molar-refractivity contribution in [2.75, 3.05) is 18.0 Å². The van der Waals surface area contributed by atoms with Gasteiger partial charge >= 0.3 is 0 Å². The number of anilines is 1. The second-order valence-corrected chi connectivity index (χ2v) is 5.27. The summed E-state index contributed by atoms with van der Waals surface area (Å²) in [5.41, 5.74) is 0.336. The van der Waals surface area contributed by atoms with E-state index in [2.05, 4.69) is 20.4 Å². The zero-order valence-corrected chi connectivity index (χ0v) is 12.0. The molecule has 0 bridgehead atoms. The van der Waals surface area contributed by atoms with Crippen LogP contribution < -0.4 is 10.2 Å². The van der Waals surface area contributed by atoms with E-state index in [4.69, 9.17) is 4.52 Å². The van der Waals surface area contributed by atoms with Crippen molar-refractivity contribution in [3.8, 4) is 0 Å². The Kier molecular flexibility index (Phi) is 3.85. The first kappa shape index (κ1) is 13.6. The summed E-state index contributed by atoms with van der Waals surface area (Å²) in [6, 6.07) is 7.62. The number of hydrogen-bond donors (Lipinski definition) is 1. The molecule has 3 rings (SSSR count). The van der Waals surface area contributed by atoms with E-state index < -0.39 is 0 Å². The van der Waals surface area contributed by atoms with Gasteiger partial charge in [-0.25, -0.2) is 4.98 Å². The molecule has 0 spiro atoms. The zero-order valence-electron chi connectivity index (χ0n) is 12.0. The van der Waals surface area contributed by atoms with E-state index in [1.807, 2.05) is 18.2 Å². The molecule has 0 saturated carbocycles. The van der Waals surface area contributed by atoms with Gasteiger partial charge in [-0.2, -0.15) is 0 Å². The van der Waals surface area contributed by atoms with Crippen LogP contribution in [0.4, 0.5) is 5.82 Å². The Labute approximate surface area is 123 Å². The van der Waals surface area contributed by atoms with Gasteiger partial charge in [0, 0.05) is 31.4 Å². The van der Waals surface area contributed by atoms with Crippen LogP contribution in [0.2, 0.25) is 0 Å². The van der Waals surface area contributed by atoms with Crippen molar-refractivity contribution < 1.29 is 9.32 Å². The predicted molar refractivity (Wildman–Crippen MR) is 78.2 cm³/mol. The number of hydrogen-bond acceptors (Lipinski definition) is 5. The number of piperidine rings is 1. The van der Waals surface area contributed by atoms with E-state index >= 15 is 0 Å². The third kappa shape index (κ3) is 3.21. The molecule has 21 heavy (non-hydrogen) atoms. The third-order valence-corrected chi connectivity index (χ3v) is 3.59. The summed E-state index contributed by atoms with van der Waals surface area (Å²) in [6.45, 7) is 3.50. The molecule has 6 heteroatoms. The number of nitrogens with one attached hydrogen (secondary N) is 1. The number of amides is 1. The van der Waals surface area contributed by atoms with Gasteiger partial charge in [-0.15, -0.1) is 0 Å². The summed E-state index contributed by atoms with van der Waals surface area (Å²) < 4.78 is 4.93. The monoisotopic (exact) mass is 286 g/mol. The lowest BCUT2D eigenvalue weighted by Gasteiger charge is -2.33. The van der Waals surface area contributed by atoms with Gasteiger partial charge in [0.15, 0.2) is 5.69 Å². The maximum atomic E-state index is 12.1. The van der Waals surface area contributed by atoms with E-state index in [1.54, 1.807) is 19.2 Å². The minimum absolute atomic E-state index is 0.102. The van der Waals surface area contributed by atoms with Crippen molar-refractivity contribution in [2.45, 2.75) is 25.8 Å². The minimum Gasteiger partial charge on any atom is -0.361 e. The molecule has 1 fully saturated rings. The molecular weight excluding hydrogens is 268 g/mol.